The molecule has 106 valence electrons. The van der Waals surface area contributed by atoms with Crippen molar-refractivity contribution in [3.05, 3.63) is 17.6 Å². The summed E-state index contributed by atoms with van der Waals surface area (Å²) in [6.45, 7) is 4.30. The number of methoxy groups -OCH3 is 1. The maximum Gasteiger partial charge on any atom is 0.221 e. The number of hydrogen-bond donors (Lipinski definition) is 1. The van der Waals surface area contributed by atoms with E-state index in [0.717, 1.165) is 37.2 Å². The molecule has 0 aliphatic carbocycles. The predicted octanol–water partition coefficient (Wildman–Crippen LogP) is 0.554. The molecule has 1 aliphatic rings. The van der Waals surface area contributed by atoms with Crippen molar-refractivity contribution < 1.29 is 14.2 Å². The fraction of sp³-hybridized carbons (Fsp3) is 0.692. The summed E-state index contributed by atoms with van der Waals surface area (Å²) in [5.41, 5.74) is 2.19. The zero-order valence-corrected chi connectivity index (χ0v) is 11.4. The molecule has 6 nitrogen and oxygen atoms in total. The van der Waals surface area contributed by atoms with E-state index >= 15 is 0 Å². The molecule has 1 aliphatic heterocycles. The summed E-state index contributed by atoms with van der Waals surface area (Å²) >= 11 is 0. The van der Waals surface area contributed by atoms with E-state index in [2.05, 4.69) is 15.3 Å². The number of nitrogens with zero attached hydrogens (tertiary/aromatic N) is 2. The molecule has 0 spiro atoms. The molecule has 1 N–H and O–H groups in total. The van der Waals surface area contributed by atoms with Crippen LogP contribution in [-0.4, -0.2) is 50.1 Å². The number of ether oxygens (including phenoxy) is 3. The van der Waals surface area contributed by atoms with Gasteiger partial charge in [-0.05, 0) is 0 Å². The monoisotopic (exact) mass is 267 g/mol. The Bertz CT molecular complexity index is 387. The van der Waals surface area contributed by atoms with Gasteiger partial charge in [0.15, 0.2) is 0 Å². The Hall–Kier alpha value is -1.24. The van der Waals surface area contributed by atoms with Gasteiger partial charge in [-0.1, -0.05) is 0 Å². The highest BCUT2D eigenvalue weighted by Gasteiger charge is 2.15. The molecular weight excluding hydrogens is 246 g/mol. The van der Waals surface area contributed by atoms with Crippen LogP contribution in [0.2, 0.25) is 0 Å². The number of nitrogens with one attached hydrogen (secondary N) is 1. The Morgan fingerprint density at radius 3 is 3.05 bits per heavy atom. The Labute approximate surface area is 113 Å². The van der Waals surface area contributed by atoms with Gasteiger partial charge >= 0.3 is 0 Å². The molecule has 2 heterocycles. The number of hydrogen-bond acceptors (Lipinski definition) is 6. The molecule has 0 atom stereocenters. The van der Waals surface area contributed by atoms with Gasteiger partial charge < -0.3 is 19.5 Å². The lowest BCUT2D eigenvalue weighted by atomic mass is 10.1. The molecule has 19 heavy (non-hydrogen) atoms. The van der Waals surface area contributed by atoms with Crippen LogP contribution in [0.15, 0.2) is 6.33 Å². The van der Waals surface area contributed by atoms with Crippen LogP contribution in [0.4, 0.5) is 0 Å². The van der Waals surface area contributed by atoms with Gasteiger partial charge in [0.25, 0.3) is 0 Å². The fourth-order valence-corrected chi connectivity index (χ4v) is 1.94. The second kappa shape index (κ2) is 8.04. The van der Waals surface area contributed by atoms with Crippen LogP contribution in [0, 0.1) is 0 Å². The maximum atomic E-state index is 5.71. The molecule has 1 aromatic rings. The molecular formula is C13H21N3O3. The van der Waals surface area contributed by atoms with Gasteiger partial charge in [0.05, 0.1) is 25.5 Å². The van der Waals surface area contributed by atoms with Crippen molar-refractivity contribution in [3.8, 4) is 5.88 Å². The summed E-state index contributed by atoms with van der Waals surface area (Å²) in [6, 6.07) is 0. The highest BCUT2D eigenvalue weighted by atomic mass is 16.5. The van der Waals surface area contributed by atoms with Crippen molar-refractivity contribution >= 4 is 0 Å². The smallest absolute Gasteiger partial charge is 0.221 e. The Morgan fingerprint density at radius 1 is 1.21 bits per heavy atom. The van der Waals surface area contributed by atoms with Crippen molar-refractivity contribution in [2.24, 2.45) is 0 Å². The van der Waals surface area contributed by atoms with Gasteiger partial charge in [-0.15, -0.1) is 0 Å². The minimum absolute atomic E-state index is 0.608. The first kappa shape index (κ1) is 14.2. The van der Waals surface area contributed by atoms with E-state index in [-0.39, 0.29) is 0 Å². The molecule has 0 bridgehead atoms. The van der Waals surface area contributed by atoms with E-state index in [0.29, 0.717) is 32.3 Å². The lowest BCUT2D eigenvalue weighted by molar-refractivity contribution is 0.0641. The average Bonchev–Trinajstić information content (AvgIpc) is 2.46. The first-order valence-electron chi connectivity index (χ1n) is 6.64. The molecule has 1 aromatic heterocycles. The van der Waals surface area contributed by atoms with E-state index in [4.69, 9.17) is 14.2 Å². The van der Waals surface area contributed by atoms with Gasteiger partial charge in [0.2, 0.25) is 5.88 Å². The summed E-state index contributed by atoms with van der Waals surface area (Å²) in [5, 5.41) is 3.31. The SMILES string of the molecule is COCCOCCCOc1ncnc2c1CNCC2. The van der Waals surface area contributed by atoms with Gasteiger partial charge in [0.1, 0.15) is 6.33 Å². The minimum Gasteiger partial charge on any atom is -0.477 e. The van der Waals surface area contributed by atoms with E-state index in [9.17, 15) is 0 Å². The number of aromatic nitrogens is 2. The molecule has 0 aromatic carbocycles. The molecule has 0 unspecified atom stereocenters. The summed E-state index contributed by atoms with van der Waals surface area (Å²) in [4.78, 5) is 8.49. The Balaban J connectivity index is 1.71. The lowest BCUT2D eigenvalue weighted by Crippen LogP contribution is -2.25. The van der Waals surface area contributed by atoms with Crippen LogP contribution in [-0.2, 0) is 22.4 Å². The third-order valence-corrected chi connectivity index (χ3v) is 2.94. The summed E-state index contributed by atoms with van der Waals surface area (Å²) < 4.78 is 16.0. The van der Waals surface area contributed by atoms with Gasteiger partial charge in [0, 0.05) is 45.2 Å². The standard InChI is InChI=1S/C13H21N3O3/c1-17-7-8-18-5-2-6-19-13-11-9-14-4-3-12(11)15-10-16-13/h10,14H,2-9H2,1H3. The van der Waals surface area contributed by atoms with Crippen LogP contribution in [0.3, 0.4) is 0 Å². The van der Waals surface area contributed by atoms with Crippen molar-refractivity contribution in [1.82, 2.24) is 15.3 Å². The van der Waals surface area contributed by atoms with E-state index in [1.165, 1.54) is 0 Å². The molecule has 0 saturated carbocycles. The zero-order chi connectivity index (χ0) is 13.3. The predicted molar refractivity (Wildman–Crippen MR) is 70.2 cm³/mol. The van der Waals surface area contributed by atoms with Gasteiger partial charge in [-0.3, -0.25) is 0 Å². The van der Waals surface area contributed by atoms with Crippen molar-refractivity contribution in [1.29, 1.82) is 0 Å². The second-order valence-corrected chi connectivity index (χ2v) is 4.34. The third-order valence-electron chi connectivity index (χ3n) is 2.94. The van der Waals surface area contributed by atoms with Crippen LogP contribution < -0.4 is 10.1 Å². The van der Waals surface area contributed by atoms with Crippen molar-refractivity contribution in [3.63, 3.8) is 0 Å². The number of rotatable bonds is 8. The molecule has 6 heteroatoms. The fourth-order valence-electron chi connectivity index (χ4n) is 1.94. The van der Waals surface area contributed by atoms with Crippen LogP contribution in [0.1, 0.15) is 17.7 Å². The van der Waals surface area contributed by atoms with Crippen LogP contribution >= 0.6 is 0 Å². The van der Waals surface area contributed by atoms with Crippen molar-refractivity contribution in [2.75, 3.05) is 40.1 Å². The van der Waals surface area contributed by atoms with E-state index < -0.39 is 0 Å². The molecule has 0 radical (unpaired) electrons. The van der Waals surface area contributed by atoms with Crippen LogP contribution in [0.25, 0.3) is 0 Å². The largest absolute Gasteiger partial charge is 0.477 e. The lowest BCUT2D eigenvalue weighted by Gasteiger charge is -2.18. The number of fused-ring (bicyclic) bond motifs is 1. The molecule has 0 amide bonds. The van der Waals surface area contributed by atoms with Gasteiger partial charge in [-0.2, -0.15) is 0 Å². The third kappa shape index (κ3) is 4.41. The topological polar surface area (TPSA) is 65.5 Å². The normalized spacial score (nSPS) is 14.2. The molecule has 0 fully saturated rings. The first-order chi connectivity index (χ1) is 9.42. The second-order valence-electron chi connectivity index (χ2n) is 4.34. The zero-order valence-electron chi connectivity index (χ0n) is 11.4. The maximum absolute atomic E-state index is 5.71. The molecule has 0 saturated heterocycles. The Morgan fingerprint density at radius 2 is 2.16 bits per heavy atom. The highest BCUT2D eigenvalue weighted by Crippen LogP contribution is 2.20. The van der Waals surface area contributed by atoms with Crippen molar-refractivity contribution in [2.45, 2.75) is 19.4 Å². The summed E-state index contributed by atoms with van der Waals surface area (Å²) in [6.07, 6.45) is 3.36. The minimum atomic E-state index is 0.608. The quantitative estimate of drug-likeness (QED) is 0.694. The Kier molecular flexibility index (Phi) is 6.00. The summed E-state index contributed by atoms with van der Waals surface area (Å²) in [7, 11) is 1.67. The van der Waals surface area contributed by atoms with Gasteiger partial charge in [-0.25, -0.2) is 9.97 Å². The average molecular weight is 267 g/mol. The van der Waals surface area contributed by atoms with Crippen LogP contribution in [0.5, 0.6) is 5.88 Å². The van der Waals surface area contributed by atoms with E-state index in [1.807, 2.05) is 0 Å². The highest BCUT2D eigenvalue weighted by molar-refractivity contribution is 5.31. The summed E-state index contributed by atoms with van der Waals surface area (Å²) in [5.74, 6) is 0.703. The van der Waals surface area contributed by atoms with E-state index in [1.54, 1.807) is 13.4 Å². The molecule has 2 rings (SSSR count). The first-order valence-corrected chi connectivity index (χ1v) is 6.64.